The van der Waals surface area contributed by atoms with Crippen LogP contribution in [0.15, 0.2) is 36.5 Å². The van der Waals surface area contributed by atoms with E-state index in [1.807, 2.05) is 42.5 Å². The van der Waals surface area contributed by atoms with Crippen LogP contribution < -0.4 is 5.73 Å². The van der Waals surface area contributed by atoms with E-state index in [-0.39, 0.29) is 11.4 Å². The molecule has 1 aromatic carbocycles. The minimum absolute atomic E-state index is 0.144. The largest absolute Gasteiger partial charge is 0.383 e. The van der Waals surface area contributed by atoms with Gasteiger partial charge in [0.05, 0.1) is 5.56 Å². The summed E-state index contributed by atoms with van der Waals surface area (Å²) in [6.07, 6.45) is 1.39. The molecule has 17 heavy (non-hydrogen) atoms. The first-order valence-electron chi connectivity index (χ1n) is 4.92. The zero-order valence-electron chi connectivity index (χ0n) is 8.88. The molecule has 2 N–H and O–H groups in total. The Kier molecular flexibility index (Phi) is 2.72. The molecule has 4 heteroatoms. The summed E-state index contributed by atoms with van der Waals surface area (Å²) < 4.78 is 0. The Morgan fingerprint density at radius 3 is 2.35 bits per heavy atom. The highest BCUT2D eigenvalue weighted by molar-refractivity contribution is 5.79. The van der Waals surface area contributed by atoms with Crippen molar-refractivity contribution in [2.24, 2.45) is 0 Å². The van der Waals surface area contributed by atoms with Crippen molar-refractivity contribution in [3.63, 3.8) is 0 Å². The van der Waals surface area contributed by atoms with Crippen LogP contribution >= 0.6 is 0 Å². The molecular weight excluding hydrogens is 212 g/mol. The van der Waals surface area contributed by atoms with Crippen molar-refractivity contribution in [1.29, 1.82) is 10.5 Å². The summed E-state index contributed by atoms with van der Waals surface area (Å²) in [5, 5.41) is 18.2. The lowest BCUT2D eigenvalue weighted by Gasteiger charge is -2.07. The molecule has 1 aromatic heterocycles. The van der Waals surface area contributed by atoms with Gasteiger partial charge in [-0.3, -0.25) is 0 Å². The second-order valence-electron chi connectivity index (χ2n) is 3.40. The predicted molar refractivity (Wildman–Crippen MR) is 63.5 cm³/mol. The normalized spacial score (nSPS) is 9.29. The zero-order chi connectivity index (χ0) is 12.3. The first-order valence-corrected chi connectivity index (χ1v) is 4.92. The average molecular weight is 220 g/mol. The lowest BCUT2D eigenvalue weighted by atomic mass is 9.97. The molecule has 0 aliphatic carbocycles. The molecule has 2 rings (SSSR count). The lowest BCUT2D eigenvalue weighted by Crippen LogP contribution is -1.99. The van der Waals surface area contributed by atoms with Crippen LogP contribution in [0, 0.1) is 22.7 Å². The Morgan fingerprint density at radius 2 is 1.76 bits per heavy atom. The highest BCUT2D eigenvalue weighted by atomic mass is 14.8. The van der Waals surface area contributed by atoms with Crippen molar-refractivity contribution in [3.8, 4) is 23.3 Å². The Labute approximate surface area is 98.6 Å². The quantitative estimate of drug-likeness (QED) is 0.796. The van der Waals surface area contributed by atoms with Crippen molar-refractivity contribution in [2.75, 3.05) is 5.73 Å². The van der Waals surface area contributed by atoms with Crippen LogP contribution in [-0.4, -0.2) is 4.98 Å². The number of anilines is 1. The van der Waals surface area contributed by atoms with Gasteiger partial charge in [-0.2, -0.15) is 10.5 Å². The van der Waals surface area contributed by atoms with E-state index in [1.54, 1.807) is 0 Å². The van der Waals surface area contributed by atoms with Crippen LogP contribution in [-0.2, 0) is 0 Å². The lowest BCUT2D eigenvalue weighted by molar-refractivity contribution is 1.29. The van der Waals surface area contributed by atoms with Crippen LogP contribution in [0.2, 0.25) is 0 Å². The Hall–Kier alpha value is -2.85. The van der Waals surface area contributed by atoms with E-state index in [4.69, 9.17) is 16.3 Å². The fourth-order valence-electron chi connectivity index (χ4n) is 1.63. The van der Waals surface area contributed by atoms with E-state index in [1.165, 1.54) is 6.20 Å². The highest BCUT2D eigenvalue weighted by Gasteiger charge is 2.14. The van der Waals surface area contributed by atoms with E-state index < -0.39 is 0 Å². The molecule has 4 nitrogen and oxygen atoms in total. The van der Waals surface area contributed by atoms with Gasteiger partial charge in [0, 0.05) is 11.8 Å². The van der Waals surface area contributed by atoms with E-state index in [2.05, 4.69) is 4.98 Å². The van der Waals surface area contributed by atoms with Gasteiger partial charge in [0.1, 0.15) is 23.5 Å². The van der Waals surface area contributed by atoms with Crippen molar-refractivity contribution >= 4 is 5.82 Å². The minimum Gasteiger partial charge on any atom is -0.383 e. The van der Waals surface area contributed by atoms with Gasteiger partial charge in [-0.15, -0.1) is 0 Å². The number of nitrogen functional groups attached to an aromatic ring is 1. The summed E-state index contributed by atoms with van der Waals surface area (Å²) in [5.41, 5.74) is 7.58. The van der Waals surface area contributed by atoms with E-state index in [0.29, 0.717) is 11.1 Å². The maximum Gasteiger partial charge on any atom is 0.142 e. The molecule has 0 radical (unpaired) electrons. The number of pyridine rings is 1. The molecule has 2 aromatic rings. The maximum absolute atomic E-state index is 9.10. The smallest absolute Gasteiger partial charge is 0.142 e. The summed E-state index contributed by atoms with van der Waals surface area (Å²) >= 11 is 0. The molecule has 0 fully saturated rings. The first-order chi connectivity index (χ1) is 8.27. The second kappa shape index (κ2) is 4.34. The third kappa shape index (κ3) is 1.80. The van der Waals surface area contributed by atoms with Crippen molar-refractivity contribution in [3.05, 3.63) is 47.7 Å². The molecule has 1 heterocycles. The molecule has 0 bridgehead atoms. The van der Waals surface area contributed by atoms with Gasteiger partial charge in [-0.05, 0) is 5.56 Å². The Bertz CT molecular complexity index is 633. The number of nitrogens with zero attached hydrogens (tertiary/aromatic N) is 3. The van der Waals surface area contributed by atoms with Crippen molar-refractivity contribution < 1.29 is 0 Å². The van der Waals surface area contributed by atoms with E-state index in [0.717, 1.165) is 5.56 Å². The van der Waals surface area contributed by atoms with Crippen molar-refractivity contribution in [2.45, 2.75) is 0 Å². The van der Waals surface area contributed by atoms with Gasteiger partial charge in [0.25, 0.3) is 0 Å². The summed E-state index contributed by atoms with van der Waals surface area (Å²) in [6.45, 7) is 0. The van der Waals surface area contributed by atoms with E-state index >= 15 is 0 Å². The maximum atomic E-state index is 9.10. The van der Waals surface area contributed by atoms with Crippen LogP contribution in [0.1, 0.15) is 11.1 Å². The highest BCUT2D eigenvalue weighted by Crippen LogP contribution is 2.29. The zero-order valence-corrected chi connectivity index (χ0v) is 8.88. The molecule has 0 saturated carbocycles. The number of rotatable bonds is 1. The number of nitriles is 2. The molecule has 0 aliphatic rings. The molecular formula is C13H8N4. The van der Waals surface area contributed by atoms with Crippen LogP contribution in [0.4, 0.5) is 5.82 Å². The van der Waals surface area contributed by atoms with Gasteiger partial charge in [-0.1, -0.05) is 30.3 Å². The van der Waals surface area contributed by atoms with Gasteiger partial charge in [0.15, 0.2) is 0 Å². The number of aromatic nitrogens is 1. The molecule has 0 amide bonds. The minimum atomic E-state index is 0.144. The molecule has 0 saturated heterocycles. The summed E-state index contributed by atoms with van der Waals surface area (Å²) in [4.78, 5) is 3.84. The fourth-order valence-corrected chi connectivity index (χ4v) is 1.63. The third-order valence-corrected chi connectivity index (χ3v) is 2.40. The Morgan fingerprint density at radius 1 is 1.06 bits per heavy atom. The summed E-state index contributed by atoms with van der Waals surface area (Å²) in [5.74, 6) is 0.144. The number of nitrogens with two attached hydrogens (primary N) is 1. The average Bonchev–Trinajstić information content (AvgIpc) is 2.39. The molecule has 0 atom stereocenters. The summed E-state index contributed by atoms with van der Waals surface area (Å²) in [7, 11) is 0. The van der Waals surface area contributed by atoms with Crippen LogP contribution in [0.25, 0.3) is 11.1 Å². The van der Waals surface area contributed by atoms with Gasteiger partial charge >= 0.3 is 0 Å². The summed E-state index contributed by atoms with van der Waals surface area (Å²) in [6, 6.07) is 13.2. The first kappa shape index (κ1) is 10.7. The number of hydrogen-bond donors (Lipinski definition) is 1. The van der Waals surface area contributed by atoms with Gasteiger partial charge < -0.3 is 5.73 Å². The monoisotopic (exact) mass is 220 g/mol. The SMILES string of the molecule is N#Cc1cnc(N)c(C#N)c1-c1ccccc1. The molecule has 0 unspecified atom stereocenters. The van der Waals surface area contributed by atoms with Crippen LogP contribution in [0.3, 0.4) is 0 Å². The number of hydrogen-bond acceptors (Lipinski definition) is 4. The third-order valence-electron chi connectivity index (χ3n) is 2.40. The van der Waals surface area contributed by atoms with Crippen molar-refractivity contribution in [1.82, 2.24) is 4.98 Å². The predicted octanol–water partition coefficient (Wildman–Crippen LogP) is 2.07. The Balaban J connectivity index is 2.81. The van der Waals surface area contributed by atoms with Gasteiger partial charge in [-0.25, -0.2) is 4.98 Å². The molecule has 80 valence electrons. The molecule has 0 spiro atoms. The topological polar surface area (TPSA) is 86.5 Å². The standard InChI is InChI=1S/C13H8N4/c14-6-10-8-17-13(16)11(7-15)12(10)9-4-2-1-3-5-9/h1-5,8H,(H2,16,17). The van der Waals surface area contributed by atoms with Gasteiger partial charge in [0.2, 0.25) is 0 Å². The number of benzene rings is 1. The van der Waals surface area contributed by atoms with E-state index in [9.17, 15) is 0 Å². The molecule has 0 aliphatic heterocycles. The second-order valence-corrected chi connectivity index (χ2v) is 3.40. The fraction of sp³-hybridized carbons (Fsp3) is 0. The van der Waals surface area contributed by atoms with Crippen LogP contribution in [0.5, 0.6) is 0 Å².